The second-order valence-electron chi connectivity index (χ2n) is 8.37. The highest BCUT2D eigenvalue weighted by Crippen LogP contribution is 2.26. The van der Waals surface area contributed by atoms with Gasteiger partial charge < -0.3 is 9.47 Å². The Morgan fingerprint density at radius 3 is 2.28 bits per heavy atom. The number of aryl methyl sites for hydroxylation is 1. The zero-order valence-electron chi connectivity index (χ0n) is 18.4. The molecule has 0 atom stereocenters. The number of hydrogen-bond acceptors (Lipinski definition) is 5. The quantitative estimate of drug-likeness (QED) is 0.355. The summed E-state index contributed by atoms with van der Waals surface area (Å²) in [5.41, 5.74) is 1.15. The van der Waals surface area contributed by atoms with Gasteiger partial charge in [0, 0.05) is 5.41 Å². The van der Waals surface area contributed by atoms with Crippen molar-refractivity contribution in [1.82, 2.24) is 0 Å². The van der Waals surface area contributed by atoms with Crippen LogP contribution < -0.4 is 4.74 Å². The predicted molar refractivity (Wildman–Crippen MR) is 121 cm³/mol. The van der Waals surface area contributed by atoms with Gasteiger partial charge in [-0.2, -0.15) is 8.42 Å². The molecule has 0 radical (unpaired) electrons. The van der Waals surface area contributed by atoms with Gasteiger partial charge in [-0.05, 0) is 48.9 Å². The minimum atomic E-state index is -3.84. The first-order valence-corrected chi connectivity index (χ1v) is 11.6. The fourth-order valence-electron chi connectivity index (χ4n) is 2.83. The molecule has 0 aromatic heterocycles. The molecule has 170 valence electrons. The first-order valence-electron chi connectivity index (χ1n) is 10.2. The topological polar surface area (TPSA) is 61.8 Å². The molecule has 0 saturated carbocycles. The van der Waals surface area contributed by atoms with Gasteiger partial charge in [-0.15, -0.1) is 0 Å². The number of para-hydroxylation sites is 1. The summed E-state index contributed by atoms with van der Waals surface area (Å²) < 4.78 is 55.5. The van der Waals surface area contributed by atoms with Crippen LogP contribution in [0.3, 0.4) is 0 Å². The summed E-state index contributed by atoms with van der Waals surface area (Å²) in [5, 5.41) is 0. The SMILES string of the molecule is Cc1ccc(S(=O)(=O)OCC(C)(C)COCc2ccc(F)c(Oc3ccccc3)c2)cc1. The van der Waals surface area contributed by atoms with Crippen molar-refractivity contribution in [3.05, 3.63) is 89.7 Å². The van der Waals surface area contributed by atoms with E-state index in [1.165, 1.54) is 18.2 Å². The average molecular weight is 459 g/mol. The first kappa shape index (κ1) is 23.9. The zero-order chi connectivity index (χ0) is 23.2. The second kappa shape index (κ2) is 10.3. The largest absolute Gasteiger partial charge is 0.454 e. The maximum atomic E-state index is 14.1. The Bertz CT molecular complexity index is 1130. The van der Waals surface area contributed by atoms with Gasteiger partial charge in [-0.1, -0.05) is 55.8 Å². The van der Waals surface area contributed by atoms with E-state index in [1.54, 1.807) is 36.4 Å². The van der Waals surface area contributed by atoms with Crippen molar-refractivity contribution in [2.75, 3.05) is 13.2 Å². The summed E-state index contributed by atoms with van der Waals surface area (Å²) in [7, 11) is -3.84. The number of benzene rings is 3. The van der Waals surface area contributed by atoms with E-state index in [4.69, 9.17) is 13.7 Å². The molecule has 0 amide bonds. The van der Waals surface area contributed by atoms with E-state index in [-0.39, 0.29) is 30.5 Å². The van der Waals surface area contributed by atoms with Crippen LogP contribution in [0, 0.1) is 18.2 Å². The molecule has 5 nitrogen and oxygen atoms in total. The summed E-state index contributed by atoms with van der Waals surface area (Å²) in [5.74, 6) is 0.189. The number of halogens is 1. The van der Waals surface area contributed by atoms with Gasteiger partial charge >= 0.3 is 0 Å². The third-order valence-electron chi connectivity index (χ3n) is 4.64. The van der Waals surface area contributed by atoms with Gasteiger partial charge in [0.05, 0.1) is 24.7 Å². The highest BCUT2D eigenvalue weighted by atomic mass is 32.2. The van der Waals surface area contributed by atoms with Gasteiger partial charge in [0.2, 0.25) is 0 Å². The van der Waals surface area contributed by atoms with Crippen LogP contribution in [0.2, 0.25) is 0 Å². The van der Waals surface area contributed by atoms with E-state index in [2.05, 4.69) is 0 Å². The van der Waals surface area contributed by atoms with Crippen LogP contribution in [-0.4, -0.2) is 21.6 Å². The summed E-state index contributed by atoms with van der Waals surface area (Å²) in [4.78, 5) is 0.122. The molecule has 3 rings (SSSR count). The van der Waals surface area contributed by atoms with Crippen LogP contribution >= 0.6 is 0 Å². The molecule has 7 heteroatoms. The lowest BCUT2D eigenvalue weighted by molar-refractivity contribution is 0.0272. The van der Waals surface area contributed by atoms with Crippen LogP contribution in [0.15, 0.2) is 77.7 Å². The first-order chi connectivity index (χ1) is 15.1. The predicted octanol–water partition coefficient (Wildman–Crippen LogP) is 5.87. The summed E-state index contributed by atoms with van der Waals surface area (Å²) in [6.07, 6.45) is 0. The third-order valence-corrected chi connectivity index (χ3v) is 5.92. The molecule has 3 aromatic carbocycles. The second-order valence-corrected chi connectivity index (χ2v) is 9.98. The Hall–Kier alpha value is -2.74. The Morgan fingerprint density at radius 2 is 1.59 bits per heavy atom. The monoisotopic (exact) mass is 458 g/mol. The maximum Gasteiger partial charge on any atom is 0.296 e. The van der Waals surface area contributed by atoms with Crippen LogP contribution in [0.4, 0.5) is 4.39 Å². The Kier molecular flexibility index (Phi) is 7.66. The van der Waals surface area contributed by atoms with Crippen LogP contribution in [0.5, 0.6) is 11.5 Å². The molecule has 0 spiro atoms. The van der Waals surface area contributed by atoms with Crippen molar-refractivity contribution in [3.8, 4) is 11.5 Å². The minimum absolute atomic E-state index is 0.0327. The maximum absolute atomic E-state index is 14.1. The third kappa shape index (κ3) is 6.88. The fraction of sp³-hybridized carbons (Fsp3) is 0.280. The van der Waals surface area contributed by atoms with Crippen molar-refractivity contribution in [1.29, 1.82) is 0 Å². The van der Waals surface area contributed by atoms with E-state index in [1.807, 2.05) is 39.0 Å². The van der Waals surface area contributed by atoms with E-state index < -0.39 is 21.4 Å². The van der Waals surface area contributed by atoms with Crippen molar-refractivity contribution < 1.29 is 26.5 Å². The van der Waals surface area contributed by atoms with E-state index in [0.29, 0.717) is 5.75 Å². The molecule has 0 N–H and O–H groups in total. The lowest BCUT2D eigenvalue weighted by atomic mass is 9.96. The Balaban J connectivity index is 1.53. The summed E-state index contributed by atoms with van der Waals surface area (Å²) in [6, 6.07) is 20.0. The fourth-order valence-corrected chi connectivity index (χ4v) is 3.91. The molecule has 0 unspecified atom stereocenters. The number of hydrogen-bond donors (Lipinski definition) is 0. The molecule has 0 aliphatic heterocycles. The molecule has 3 aromatic rings. The minimum Gasteiger partial charge on any atom is -0.454 e. The molecule has 0 aliphatic carbocycles. The normalized spacial score (nSPS) is 12.0. The molecule has 0 heterocycles. The summed E-state index contributed by atoms with van der Waals surface area (Å²) in [6.45, 7) is 6.03. The van der Waals surface area contributed by atoms with E-state index in [9.17, 15) is 12.8 Å². The van der Waals surface area contributed by atoms with Crippen LogP contribution in [0.1, 0.15) is 25.0 Å². The molecular formula is C25H27FO5S. The van der Waals surface area contributed by atoms with Gasteiger partial charge in [0.15, 0.2) is 11.6 Å². The van der Waals surface area contributed by atoms with Gasteiger partial charge in [-0.3, -0.25) is 4.18 Å². The van der Waals surface area contributed by atoms with Crippen molar-refractivity contribution in [2.24, 2.45) is 5.41 Å². The molecule has 0 aliphatic rings. The molecular weight excluding hydrogens is 431 g/mol. The van der Waals surface area contributed by atoms with Crippen molar-refractivity contribution in [3.63, 3.8) is 0 Å². The van der Waals surface area contributed by atoms with Crippen LogP contribution in [0.25, 0.3) is 0 Å². The van der Waals surface area contributed by atoms with Crippen LogP contribution in [-0.2, 0) is 25.6 Å². The van der Waals surface area contributed by atoms with Crippen molar-refractivity contribution in [2.45, 2.75) is 32.3 Å². The lowest BCUT2D eigenvalue weighted by Gasteiger charge is -2.24. The molecule has 0 fully saturated rings. The van der Waals surface area contributed by atoms with E-state index in [0.717, 1.165) is 11.1 Å². The average Bonchev–Trinajstić information content (AvgIpc) is 2.76. The number of rotatable bonds is 10. The summed E-state index contributed by atoms with van der Waals surface area (Å²) >= 11 is 0. The standard InChI is InChI=1S/C25H27FO5S/c1-19-9-12-22(13-10-19)32(27,28)30-18-25(2,3)17-29-16-20-11-14-23(26)24(15-20)31-21-7-5-4-6-8-21/h4-15H,16-18H2,1-3H3. The molecule has 0 saturated heterocycles. The lowest BCUT2D eigenvalue weighted by Crippen LogP contribution is -2.27. The zero-order valence-corrected chi connectivity index (χ0v) is 19.2. The Morgan fingerprint density at radius 1 is 0.906 bits per heavy atom. The molecule has 32 heavy (non-hydrogen) atoms. The number of ether oxygens (including phenoxy) is 2. The highest BCUT2D eigenvalue weighted by molar-refractivity contribution is 7.86. The smallest absolute Gasteiger partial charge is 0.296 e. The van der Waals surface area contributed by atoms with Gasteiger partial charge in [-0.25, -0.2) is 4.39 Å². The molecule has 0 bridgehead atoms. The van der Waals surface area contributed by atoms with Gasteiger partial charge in [0.1, 0.15) is 5.75 Å². The highest BCUT2D eigenvalue weighted by Gasteiger charge is 2.24. The van der Waals surface area contributed by atoms with E-state index >= 15 is 0 Å². The van der Waals surface area contributed by atoms with Crippen molar-refractivity contribution >= 4 is 10.1 Å². The Labute approximate surface area is 188 Å². The van der Waals surface area contributed by atoms with Gasteiger partial charge in [0.25, 0.3) is 10.1 Å².